The van der Waals surface area contributed by atoms with Gasteiger partial charge in [-0.05, 0) is 18.6 Å². The minimum atomic E-state index is -1.01. The largest absolute Gasteiger partial charge is 0.496 e. The molecule has 6 nitrogen and oxygen atoms in total. The van der Waals surface area contributed by atoms with E-state index in [-0.39, 0.29) is 30.3 Å². The number of hydrogen-bond donors (Lipinski definition) is 1. The lowest BCUT2D eigenvalue weighted by Crippen LogP contribution is -2.45. The zero-order chi connectivity index (χ0) is 16.6. The third-order valence-electron chi connectivity index (χ3n) is 4.83. The minimum Gasteiger partial charge on any atom is -0.496 e. The average Bonchev–Trinajstić information content (AvgIpc) is 2.95. The van der Waals surface area contributed by atoms with Crippen LogP contribution in [0.3, 0.4) is 0 Å². The maximum absolute atomic E-state index is 14.1. The Labute approximate surface area is 132 Å². The van der Waals surface area contributed by atoms with Crippen LogP contribution in [0.25, 0.3) is 0 Å². The summed E-state index contributed by atoms with van der Waals surface area (Å²) < 4.78 is 24.5. The summed E-state index contributed by atoms with van der Waals surface area (Å²) in [5, 5.41) is 9.63. The number of carboxylic acids is 1. The van der Waals surface area contributed by atoms with Crippen LogP contribution in [-0.4, -0.2) is 55.3 Å². The summed E-state index contributed by atoms with van der Waals surface area (Å²) in [6, 6.07) is 4.16. The van der Waals surface area contributed by atoms with Gasteiger partial charge in [-0.3, -0.25) is 9.59 Å². The van der Waals surface area contributed by atoms with Crippen LogP contribution in [0, 0.1) is 17.2 Å². The van der Waals surface area contributed by atoms with E-state index in [1.165, 1.54) is 30.2 Å². The SMILES string of the molecule is COc1cccc(F)c1C(=O)N1C[C@H]2COCC[C@@]2(C(=O)O)C1. The summed E-state index contributed by atoms with van der Waals surface area (Å²) in [5.41, 5.74) is -1.16. The number of methoxy groups -OCH3 is 1. The molecule has 2 aliphatic rings. The van der Waals surface area contributed by atoms with Crippen molar-refractivity contribution in [3.8, 4) is 5.75 Å². The zero-order valence-electron chi connectivity index (χ0n) is 12.8. The fourth-order valence-corrected chi connectivity index (χ4v) is 3.49. The molecule has 1 aromatic carbocycles. The molecule has 2 atom stereocenters. The second kappa shape index (κ2) is 5.81. The van der Waals surface area contributed by atoms with Gasteiger partial charge in [-0.1, -0.05) is 6.07 Å². The fourth-order valence-electron chi connectivity index (χ4n) is 3.49. The van der Waals surface area contributed by atoms with Gasteiger partial charge in [0.25, 0.3) is 5.91 Å². The van der Waals surface area contributed by atoms with Crippen molar-refractivity contribution in [2.45, 2.75) is 6.42 Å². The molecule has 1 aromatic rings. The predicted octanol–water partition coefficient (Wildman–Crippen LogP) is 1.40. The summed E-state index contributed by atoms with van der Waals surface area (Å²) >= 11 is 0. The summed E-state index contributed by atoms with van der Waals surface area (Å²) in [5.74, 6) is -2.29. The molecule has 23 heavy (non-hydrogen) atoms. The van der Waals surface area contributed by atoms with Crippen LogP contribution in [0.15, 0.2) is 18.2 Å². The fraction of sp³-hybridized carbons (Fsp3) is 0.500. The number of ether oxygens (including phenoxy) is 2. The first-order chi connectivity index (χ1) is 11.0. The van der Waals surface area contributed by atoms with Crippen molar-refractivity contribution in [3.05, 3.63) is 29.6 Å². The van der Waals surface area contributed by atoms with Gasteiger partial charge >= 0.3 is 5.97 Å². The summed E-state index contributed by atoms with van der Waals surface area (Å²) in [4.78, 5) is 25.9. The molecule has 2 heterocycles. The molecule has 2 fully saturated rings. The highest BCUT2D eigenvalue weighted by Crippen LogP contribution is 2.43. The Bertz CT molecular complexity index is 649. The standard InChI is InChI=1S/C16H18FNO5/c1-22-12-4-2-3-11(17)13(12)14(19)18-7-10-8-23-6-5-16(10,9-18)15(20)21/h2-4,10H,5-9H2,1H3,(H,20,21)/t10-,16+/m0/s1. The molecule has 7 heteroatoms. The minimum absolute atomic E-state index is 0.0622. The van der Waals surface area contributed by atoms with E-state index in [9.17, 15) is 19.1 Å². The number of likely N-dealkylation sites (tertiary alicyclic amines) is 1. The number of nitrogens with zero attached hydrogens (tertiary/aromatic N) is 1. The van der Waals surface area contributed by atoms with Crippen molar-refractivity contribution in [2.75, 3.05) is 33.4 Å². The zero-order valence-corrected chi connectivity index (χ0v) is 12.8. The number of aliphatic carboxylic acids is 1. The van der Waals surface area contributed by atoms with Crippen molar-refractivity contribution in [2.24, 2.45) is 11.3 Å². The molecule has 0 radical (unpaired) electrons. The predicted molar refractivity (Wildman–Crippen MR) is 77.9 cm³/mol. The molecule has 0 spiro atoms. The van der Waals surface area contributed by atoms with Crippen LogP contribution in [0.1, 0.15) is 16.8 Å². The topological polar surface area (TPSA) is 76.1 Å². The number of amides is 1. The molecule has 2 aliphatic heterocycles. The van der Waals surface area contributed by atoms with E-state index in [4.69, 9.17) is 9.47 Å². The Balaban J connectivity index is 1.92. The number of rotatable bonds is 3. The van der Waals surface area contributed by atoms with Gasteiger partial charge in [0.15, 0.2) is 0 Å². The Kier molecular flexibility index (Phi) is 3.97. The van der Waals surface area contributed by atoms with Crippen molar-refractivity contribution in [3.63, 3.8) is 0 Å². The Hall–Kier alpha value is -2.15. The van der Waals surface area contributed by atoms with Crippen LogP contribution in [0.5, 0.6) is 5.75 Å². The van der Waals surface area contributed by atoms with Crippen LogP contribution in [-0.2, 0) is 9.53 Å². The smallest absolute Gasteiger partial charge is 0.311 e. The van der Waals surface area contributed by atoms with Crippen LogP contribution < -0.4 is 4.74 Å². The maximum Gasteiger partial charge on any atom is 0.311 e. The molecule has 0 unspecified atom stereocenters. The summed E-state index contributed by atoms with van der Waals surface area (Å²) in [6.45, 7) is 0.952. The molecule has 1 amide bonds. The second-order valence-electron chi connectivity index (χ2n) is 5.99. The van der Waals surface area contributed by atoms with Crippen molar-refractivity contribution >= 4 is 11.9 Å². The van der Waals surface area contributed by atoms with E-state index in [1.54, 1.807) is 0 Å². The summed E-state index contributed by atoms with van der Waals surface area (Å²) in [7, 11) is 1.36. The molecule has 1 N–H and O–H groups in total. The number of carbonyl (C=O) groups excluding carboxylic acids is 1. The number of carbonyl (C=O) groups is 2. The second-order valence-corrected chi connectivity index (χ2v) is 5.99. The van der Waals surface area contributed by atoms with E-state index < -0.39 is 23.1 Å². The van der Waals surface area contributed by atoms with E-state index in [1.807, 2.05) is 0 Å². The first kappa shape index (κ1) is 15.7. The quantitative estimate of drug-likeness (QED) is 0.910. The van der Waals surface area contributed by atoms with Crippen LogP contribution in [0.4, 0.5) is 4.39 Å². The Morgan fingerprint density at radius 2 is 2.26 bits per heavy atom. The molecular weight excluding hydrogens is 305 g/mol. The van der Waals surface area contributed by atoms with Crippen molar-refractivity contribution in [1.82, 2.24) is 4.90 Å². The van der Waals surface area contributed by atoms with E-state index in [2.05, 4.69) is 0 Å². The highest BCUT2D eigenvalue weighted by molar-refractivity contribution is 5.98. The van der Waals surface area contributed by atoms with Crippen molar-refractivity contribution in [1.29, 1.82) is 0 Å². The molecule has 2 saturated heterocycles. The lowest BCUT2D eigenvalue weighted by molar-refractivity contribution is -0.157. The van der Waals surface area contributed by atoms with E-state index >= 15 is 0 Å². The van der Waals surface area contributed by atoms with E-state index in [0.717, 1.165) is 0 Å². The molecular formula is C16H18FNO5. The lowest BCUT2D eigenvalue weighted by atomic mass is 9.74. The first-order valence-electron chi connectivity index (χ1n) is 7.42. The number of fused-ring (bicyclic) bond motifs is 1. The maximum atomic E-state index is 14.1. The van der Waals surface area contributed by atoms with Gasteiger partial charge in [-0.2, -0.15) is 0 Å². The third-order valence-corrected chi connectivity index (χ3v) is 4.83. The molecule has 0 aliphatic carbocycles. The molecule has 0 bridgehead atoms. The number of carboxylic acid groups (broad SMARTS) is 1. The monoisotopic (exact) mass is 323 g/mol. The molecule has 124 valence electrons. The third kappa shape index (κ3) is 2.45. The van der Waals surface area contributed by atoms with Gasteiger partial charge in [-0.15, -0.1) is 0 Å². The number of halogens is 1. The van der Waals surface area contributed by atoms with Crippen LogP contribution in [0.2, 0.25) is 0 Å². The number of hydrogen-bond acceptors (Lipinski definition) is 4. The lowest BCUT2D eigenvalue weighted by Gasteiger charge is -2.33. The summed E-state index contributed by atoms with van der Waals surface area (Å²) in [6.07, 6.45) is 0.352. The van der Waals surface area contributed by atoms with Crippen molar-refractivity contribution < 1.29 is 28.6 Å². The molecule has 3 rings (SSSR count). The average molecular weight is 323 g/mol. The highest BCUT2D eigenvalue weighted by Gasteiger charge is 2.55. The highest BCUT2D eigenvalue weighted by atomic mass is 19.1. The number of benzene rings is 1. The first-order valence-corrected chi connectivity index (χ1v) is 7.42. The van der Waals surface area contributed by atoms with Gasteiger partial charge < -0.3 is 19.5 Å². The normalized spacial score (nSPS) is 26.7. The van der Waals surface area contributed by atoms with Gasteiger partial charge in [0.05, 0.1) is 19.1 Å². The van der Waals surface area contributed by atoms with Gasteiger partial charge in [0.2, 0.25) is 0 Å². The Morgan fingerprint density at radius 3 is 2.91 bits per heavy atom. The molecule has 0 saturated carbocycles. The Morgan fingerprint density at radius 1 is 1.48 bits per heavy atom. The van der Waals surface area contributed by atoms with E-state index in [0.29, 0.717) is 19.6 Å². The van der Waals surface area contributed by atoms with Gasteiger partial charge in [0, 0.05) is 25.6 Å². The molecule has 0 aromatic heterocycles. The van der Waals surface area contributed by atoms with Gasteiger partial charge in [0.1, 0.15) is 17.1 Å². The van der Waals surface area contributed by atoms with Gasteiger partial charge in [-0.25, -0.2) is 4.39 Å². The van der Waals surface area contributed by atoms with Crippen LogP contribution >= 0.6 is 0 Å².